The Labute approximate surface area is 191 Å². The highest BCUT2D eigenvalue weighted by molar-refractivity contribution is 7.89. The maximum Gasteiger partial charge on any atom is 0.337 e. The largest absolute Gasteiger partial charge is 0.465 e. The number of nitrogens with one attached hydrogen (secondary N) is 1. The van der Waals surface area contributed by atoms with Gasteiger partial charge >= 0.3 is 5.97 Å². The number of carbonyl (C=O) groups is 2. The fourth-order valence-corrected chi connectivity index (χ4v) is 5.09. The first-order valence-corrected chi connectivity index (χ1v) is 11.7. The lowest BCUT2D eigenvalue weighted by atomic mass is 10.1. The lowest BCUT2D eigenvalue weighted by Crippen LogP contribution is -2.40. The van der Waals surface area contributed by atoms with Gasteiger partial charge in [-0.05, 0) is 49.4 Å². The quantitative estimate of drug-likeness (QED) is 0.571. The van der Waals surface area contributed by atoms with Crippen molar-refractivity contribution in [2.24, 2.45) is 0 Å². The summed E-state index contributed by atoms with van der Waals surface area (Å²) < 4.78 is 37.3. The number of morpholine rings is 1. The Morgan fingerprint density at radius 2 is 1.82 bits per heavy atom. The minimum atomic E-state index is -3.74. The van der Waals surface area contributed by atoms with Gasteiger partial charge in [-0.2, -0.15) is 4.31 Å². The van der Waals surface area contributed by atoms with E-state index in [-0.39, 0.29) is 23.5 Å². The van der Waals surface area contributed by atoms with Gasteiger partial charge < -0.3 is 14.8 Å². The van der Waals surface area contributed by atoms with Crippen LogP contribution < -0.4 is 5.32 Å². The van der Waals surface area contributed by atoms with Gasteiger partial charge in [-0.15, -0.1) is 0 Å². The van der Waals surface area contributed by atoms with E-state index in [1.165, 1.54) is 29.6 Å². The summed E-state index contributed by atoms with van der Waals surface area (Å²) in [7, 11) is -2.45. The van der Waals surface area contributed by atoms with Crippen molar-refractivity contribution < 1.29 is 27.5 Å². The van der Waals surface area contributed by atoms with Crippen LogP contribution in [0.1, 0.15) is 26.4 Å². The smallest absolute Gasteiger partial charge is 0.337 e. The van der Waals surface area contributed by atoms with Crippen LogP contribution in [0.5, 0.6) is 0 Å². The second kappa shape index (κ2) is 9.26. The molecule has 172 valence electrons. The highest BCUT2D eigenvalue weighted by Crippen LogP contribution is 2.26. The molecular formula is C23H23N3O6S. The van der Waals surface area contributed by atoms with E-state index < -0.39 is 21.9 Å². The van der Waals surface area contributed by atoms with Crippen LogP contribution in [0.25, 0.3) is 10.9 Å². The normalized spacial score (nSPS) is 14.7. The molecule has 1 aliphatic rings. The molecule has 1 amide bonds. The molecule has 1 aromatic heterocycles. The maximum atomic E-state index is 13.0. The minimum Gasteiger partial charge on any atom is -0.465 e. The Bertz CT molecular complexity index is 1330. The van der Waals surface area contributed by atoms with Crippen LogP contribution in [-0.2, 0) is 19.5 Å². The molecule has 10 heteroatoms. The molecule has 4 rings (SSSR count). The highest BCUT2D eigenvalue weighted by atomic mass is 32.2. The first kappa shape index (κ1) is 22.8. The van der Waals surface area contributed by atoms with E-state index in [1.54, 1.807) is 37.3 Å². The molecule has 0 spiro atoms. The number of benzene rings is 2. The van der Waals surface area contributed by atoms with Crippen LogP contribution in [0.3, 0.4) is 0 Å². The zero-order valence-corrected chi connectivity index (χ0v) is 19.0. The number of aromatic nitrogens is 1. The molecule has 1 aliphatic heterocycles. The topological polar surface area (TPSA) is 115 Å². The molecule has 0 saturated carbocycles. The molecule has 3 aromatic rings. The van der Waals surface area contributed by atoms with Crippen LogP contribution >= 0.6 is 0 Å². The number of esters is 1. The van der Waals surface area contributed by atoms with E-state index in [0.29, 0.717) is 41.1 Å². The van der Waals surface area contributed by atoms with Crippen molar-refractivity contribution >= 4 is 38.5 Å². The average molecular weight is 470 g/mol. The third kappa shape index (κ3) is 4.72. The highest BCUT2D eigenvalue weighted by Gasteiger charge is 2.27. The van der Waals surface area contributed by atoms with E-state index in [2.05, 4.69) is 10.3 Å². The van der Waals surface area contributed by atoms with Crippen molar-refractivity contribution in [3.63, 3.8) is 0 Å². The molecule has 0 aliphatic carbocycles. The Hall–Kier alpha value is -3.34. The number of carbonyl (C=O) groups excluding carboxylic acids is 2. The maximum absolute atomic E-state index is 13.0. The Morgan fingerprint density at radius 3 is 2.55 bits per heavy atom. The number of aryl methyl sites for hydroxylation is 1. The number of nitrogens with zero attached hydrogens (tertiary/aromatic N) is 2. The molecule has 0 radical (unpaired) electrons. The minimum absolute atomic E-state index is 0.0424. The predicted molar refractivity (Wildman–Crippen MR) is 122 cm³/mol. The molecule has 2 aromatic carbocycles. The zero-order chi connectivity index (χ0) is 23.6. The molecule has 1 N–H and O–H groups in total. The lowest BCUT2D eigenvalue weighted by molar-refractivity contribution is 0.0600. The van der Waals surface area contributed by atoms with Crippen molar-refractivity contribution in [1.29, 1.82) is 0 Å². The Morgan fingerprint density at radius 1 is 1.06 bits per heavy atom. The number of anilines is 1. The van der Waals surface area contributed by atoms with Gasteiger partial charge in [-0.1, -0.05) is 6.07 Å². The number of sulfonamides is 1. The van der Waals surface area contributed by atoms with Crippen LogP contribution in [0.4, 0.5) is 5.69 Å². The number of fused-ring (bicyclic) bond motifs is 1. The fraction of sp³-hybridized carbons (Fsp3) is 0.261. The van der Waals surface area contributed by atoms with Gasteiger partial charge in [0.1, 0.15) is 0 Å². The van der Waals surface area contributed by atoms with Crippen molar-refractivity contribution in [2.45, 2.75) is 11.8 Å². The van der Waals surface area contributed by atoms with E-state index in [9.17, 15) is 18.0 Å². The fourth-order valence-electron chi connectivity index (χ4n) is 3.63. The SMILES string of the molecule is COC(=O)c1ccc2nc(C)cc(NC(=O)c3cccc(S(=O)(=O)N4CCOCC4)c3)c2c1. The first-order chi connectivity index (χ1) is 15.8. The summed E-state index contributed by atoms with van der Waals surface area (Å²) in [5.41, 5.74) is 2.24. The second-order valence-electron chi connectivity index (χ2n) is 7.53. The molecule has 9 nitrogen and oxygen atoms in total. The van der Waals surface area contributed by atoms with Crippen LogP contribution in [0, 0.1) is 6.92 Å². The molecule has 33 heavy (non-hydrogen) atoms. The van der Waals surface area contributed by atoms with Gasteiger partial charge in [0.15, 0.2) is 0 Å². The van der Waals surface area contributed by atoms with Crippen LogP contribution in [-0.4, -0.2) is 63.0 Å². The van der Waals surface area contributed by atoms with Gasteiger partial charge in [-0.3, -0.25) is 9.78 Å². The van der Waals surface area contributed by atoms with Crippen molar-refractivity contribution in [3.8, 4) is 0 Å². The molecule has 0 bridgehead atoms. The summed E-state index contributed by atoms with van der Waals surface area (Å²) in [6.07, 6.45) is 0. The van der Waals surface area contributed by atoms with E-state index >= 15 is 0 Å². The summed E-state index contributed by atoms with van der Waals surface area (Å²) in [6.45, 7) is 2.99. The molecule has 1 saturated heterocycles. The summed E-state index contributed by atoms with van der Waals surface area (Å²) in [5, 5.41) is 3.39. The zero-order valence-electron chi connectivity index (χ0n) is 18.2. The standard InChI is InChI=1S/C23H23N3O6S/c1-15-12-21(19-14-17(23(28)31-2)6-7-20(19)24-15)25-22(27)16-4-3-5-18(13-16)33(29,30)26-8-10-32-11-9-26/h3-7,12-14H,8-11H2,1-2H3,(H,24,25,27). The number of pyridine rings is 1. The Kier molecular flexibility index (Phi) is 6.41. The van der Waals surface area contributed by atoms with E-state index in [0.717, 1.165) is 0 Å². The van der Waals surface area contributed by atoms with Crippen molar-refractivity contribution in [3.05, 3.63) is 65.4 Å². The molecule has 2 heterocycles. The van der Waals surface area contributed by atoms with E-state index in [1.807, 2.05) is 0 Å². The summed E-state index contributed by atoms with van der Waals surface area (Å²) in [6, 6.07) is 12.5. The molecular weight excluding hydrogens is 446 g/mol. The van der Waals surface area contributed by atoms with Gasteiger partial charge in [0.25, 0.3) is 5.91 Å². The molecule has 1 fully saturated rings. The number of rotatable bonds is 5. The third-order valence-electron chi connectivity index (χ3n) is 5.31. The summed E-state index contributed by atoms with van der Waals surface area (Å²) in [4.78, 5) is 29.5. The first-order valence-electron chi connectivity index (χ1n) is 10.3. The van der Waals surface area contributed by atoms with Crippen LogP contribution in [0.2, 0.25) is 0 Å². The monoisotopic (exact) mass is 469 g/mol. The predicted octanol–water partition coefficient (Wildman–Crippen LogP) is 2.60. The van der Waals surface area contributed by atoms with Gasteiger partial charge in [0, 0.05) is 29.7 Å². The number of methoxy groups -OCH3 is 1. The number of hydrogen-bond donors (Lipinski definition) is 1. The van der Waals surface area contributed by atoms with Crippen molar-refractivity contribution in [1.82, 2.24) is 9.29 Å². The Balaban J connectivity index is 1.66. The third-order valence-corrected chi connectivity index (χ3v) is 7.20. The summed E-state index contributed by atoms with van der Waals surface area (Å²) in [5.74, 6) is -0.986. The van der Waals surface area contributed by atoms with Gasteiger partial charge in [0.05, 0.1) is 42.0 Å². The lowest BCUT2D eigenvalue weighted by Gasteiger charge is -2.26. The number of ether oxygens (including phenoxy) is 2. The molecule has 0 atom stereocenters. The van der Waals surface area contributed by atoms with Crippen LogP contribution in [0.15, 0.2) is 53.4 Å². The average Bonchev–Trinajstić information content (AvgIpc) is 2.83. The molecule has 0 unspecified atom stereocenters. The van der Waals surface area contributed by atoms with Gasteiger partial charge in [-0.25, -0.2) is 13.2 Å². The van der Waals surface area contributed by atoms with E-state index in [4.69, 9.17) is 9.47 Å². The number of hydrogen-bond acceptors (Lipinski definition) is 7. The van der Waals surface area contributed by atoms with Gasteiger partial charge in [0.2, 0.25) is 10.0 Å². The number of amides is 1. The van der Waals surface area contributed by atoms with Crippen molar-refractivity contribution in [2.75, 3.05) is 38.7 Å². The second-order valence-corrected chi connectivity index (χ2v) is 9.47. The summed E-state index contributed by atoms with van der Waals surface area (Å²) >= 11 is 0.